The van der Waals surface area contributed by atoms with Crippen LogP contribution in [-0.4, -0.2) is 36.1 Å². The van der Waals surface area contributed by atoms with Crippen LogP contribution in [0.3, 0.4) is 0 Å². The molecule has 3 aromatic rings. The number of aromatic amines is 1. The monoisotopic (exact) mass is 361 g/mol. The maximum absolute atomic E-state index is 12.7. The number of benzene rings is 2. The van der Waals surface area contributed by atoms with Crippen LogP contribution in [0.25, 0.3) is 16.5 Å². The second-order valence-electron chi connectivity index (χ2n) is 6.81. The summed E-state index contributed by atoms with van der Waals surface area (Å²) in [6, 6.07) is 14.0. The SMILES string of the molecule is COc1ccc(C)cc1NC(=O)N1CC=C(c2c[nH]c3ccccc23)CC1. The highest BCUT2D eigenvalue weighted by atomic mass is 16.5. The molecule has 4 rings (SSSR count). The molecule has 1 aliphatic heterocycles. The lowest BCUT2D eigenvalue weighted by Gasteiger charge is -2.27. The molecule has 2 aromatic carbocycles. The van der Waals surface area contributed by atoms with Crippen molar-refractivity contribution in [2.24, 2.45) is 0 Å². The first kappa shape index (κ1) is 17.2. The van der Waals surface area contributed by atoms with E-state index in [0.29, 0.717) is 24.5 Å². The first-order valence-corrected chi connectivity index (χ1v) is 9.12. The second-order valence-corrected chi connectivity index (χ2v) is 6.81. The van der Waals surface area contributed by atoms with Gasteiger partial charge in [0.05, 0.1) is 12.8 Å². The molecular formula is C22H23N3O2. The first-order chi connectivity index (χ1) is 13.2. The van der Waals surface area contributed by atoms with E-state index in [1.54, 1.807) is 7.11 Å². The quantitative estimate of drug-likeness (QED) is 0.704. The Morgan fingerprint density at radius 3 is 2.85 bits per heavy atom. The molecule has 1 aliphatic rings. The fraction of sp³-hybridized carbons (Fsp3) is 0.227. The van der Waals surface area contributed by atoms with Crippen LogP contribution in [0.1, 0.15) is 17.5 Å². The minimum Gasteiger partial charge on any atom is -0.495 e. The Bertz CT molecular complexity index is 1020. The fourth-order valence-corrected chi connectivity index (χ4v) is 3.55. The van der Waals surface area contributed by atoms with Gasteiger partial charge in [-0.15, -0.1) is 0 Å². The van der Waals surface area contributed by atoms with Crippen molar-refractivity contribution in [3.8, 4) is 5.75 Å². The summed E-state index contributed by atoms with van der Waals surface area (Å²) in [5, 5.41) is 4.21. The molecule has 0 aliphatic carbocycles. The van der Waals surface area contributed by atoms with Gasteiger partial charge in [-0.2, -0.15) is 0 Å². The van der Waals surface area contributed by atoms with E-state index in [4.69, 9.17) is 4.74 Å². The number of hydrogen-bond donors (Lipinski definition) is 2. The molecular weight excluding hydrogens is 338 g/mol. The zero-order valence-corrected chi connectivity index (χ0v) is 15.6. The lowest BCUT2D eigenvalue weighted by molar-refractivity contribution is 0.217. The standard InChI is InChI=1S/C22H23N3O2/c1-15-7-8-21(27-2)20(13-15)24-22(26)25-11-9-16(10-12-25)18-14-23-19-6-4-3-5-17(18)19/h3-9,13-14,23H,10-12H2,1-2H3,(H,24,26). The molecule has 2 heterocycles. The molecule has 2 N–H and O–H groups in total. The third-order valence-electron chi connectivity index (χ3n) is 5.03. The number of ether oxygens (including phenoxy) is 1. The molecule has 0 saturated heterocycles. The van der Waals surface area contributed by atoms with Crippen LogP contribution in [0.2, 0.25) is 0 Å². The van der Waals surface area contributed by atoms with E-state index in [1.807, 2.05) is 36.1 Å². The van der Waals surface area contributed by atoms with Crippen molar-refractivity contribution < 1.29 is 9.53 Å². The van der Waals surface area contributed by atoms with Crippen molar-refractivity contribution in [1.82, 2.24) is 9.88 Å². The summed E-state index contributed by atoms with van der Waals surface area (Å²) in [5.41, 5.74) is 5.43. The number of rotatable bonds is 3. The predicted octanol–water partition coefficient (Wildman–Crippen LogP) is 4.81. The number of nitrogens with zero attached hydrogens (tertiary/aromatic N) is 1. The molecule has 0 fully saturated rings. The van der Waals surface area contributed by atoms with E-state index in [-0.39, 0.29) is 6.03 Å². The van der Waals surface area contributed by atoms with E-state index in [2.05, 4.69) is 40.8 Å². The lowest BCUT2D eigenvalue weighted by atomic mass is 9.99. The molecule has 2 amide bonds. The van der Waals surface area contributed by atoms with E-state index in [9.17, 15) is 4.79 Å². The minimum atomic E-state index is -0.104. The molecule has 0 atom stereocenters. The zero-order chi connectivity index (χ0) is 18.8. The maximum atomic E-state index is 12.7. The van der Waals surface area contributed by atoms with E-state index < -0.39 is 0 Å². The number of nitrogens with one attached hydrogen (secondary N) is 2. The number of methoxy groups -OCH3 is 1. The van der Waals surface area contributed by atoms with Crippen molar-refractivity contribution in [2.75, 3.05) is 25.5 Å². The van der Waals surface area contributed by atoms with Gasteiger partial charge in [0.1, 0.15) is 5.75 Å². The smallest absolute Gasteiger partial charge is 0.322 e. The highest BCUT2D eigenvalue weighted by Crippen LogP contribution is 2.30. The first-order valence-electron chi connectivity index (χ1n) is 9.12. The number of aryl methyl sites for hydroxylation is 1. The van der Waals surface area contributed by atoms with Crippen molar-refractivity contribution in [1.29, 1.82) is 0 Å². The zero-order valence-electron chi connectivity index (χ0n) is 15.6. The van der Waals surface area contributed by atoms with Crippen LogP contribution in [0.5, 0.6) is 5.75 Å². The number of amides is 2. The highest BCUT2D eigenvalue weighted by molar-refractivity contribution is 5.94. The van der Waals surface area contributed by atoms with E-state index in [1.165, 1.54) is 16.5 Å². The Morgan fingerprint density at radius 2 is 2.07 bits per heavy atom. The topological polar surface area (TPSA) is 57.4 Å². The number of aromatic nitrogens is 1. The predicted molar refractivity (Wildman–Crippen MR) is 109 cm³/mol. The molecule has 0 spiro atoms. The number of urea groups is 1. The van der Waals surface area contributed by atoms with Crippen LogP contribution in [-0.2, 0) is 0 Å². The molecule has 5 nitrogen and oxygen atoms in total. The average Bonchev–Trinajstić information content (AvgIpc) is 3.12. The Hall–Kier alpha value is -3.21. The number of hydrogen-bond acceptors (Lipinski definition) is 2. The van der Waals surface area contributed by atoms with Crippen LogP contribution in [0, 0.1) is 6.92 Å². The summed E-state index contributed by atoms with van der Waals surface area (Å²) in [6.45, 7) is 3.27. The third-order valence-corrected chi connectivity index (χ3v) is 5.03. The van der Waals surface area contributed by atoms with Gasteiger partial charge >= 0.3 is 6.03 Å². The van der Waals surface area contributed by atoms with Gasteiger partial charge in [0.25, 0.3) is 0 Å². The maximum Gasteiger partial charge on any atom is 0.322 e. The van der Waals surface area contributed by atoms with Crippen LogP contribution >= 0.6 is 0 Å². The summed E-state index contributed by atoms with van der Waals surface area (Å²) in [6.07, 6.45) is 5.04. The van der Waals surface area contributed by atoms with Gasteiger partial charge in [-0.3, -0.25) is 0 Å². The highest BCUT2D eigenvalue weighted by Gasteiger charge is 2.20. The molecule has 138 valence electrons. The van der Waals surface area contributed by atoms with Gasteiger partial charge in [0.2, 0.25) is 0 Å². The van der Waals surface area contributed by atoms with Crippen LogP contribution in [0.15, 0.2) is 54.7 Å². The van der Waals surface area contributed by atoms with E-state index >= 15 is 0 Å². The minimum absolute atomic E-state index is 0.104. The lowest BCUT2D eigenvalue weighted by Crippen LogP contribution is -2.38. The Kier molecular flexibility index (Phi) is 4.59. The van der Waals surface area contributed by atoms with Crippen molar-refractivity contribution in [3.05, 3.63) is 65.9 Å². The molecule has 27 heavy (non-hydrogen) atoms. The number of H-pyrrole nitrogens is 1. The molecule has 0 radical (unpaired) electrons. The van der Waals surface area contributed by atoms with Gasteiger partial charge in [-0.1, -0.05) is 30.3 Å². The molecule has 0 saturated carbocycles. The van der Waals surface area contributed by atoms with Gasteiger partial charge in [0, 0.05) is 35.8 Å². The van der Waals surface area contributed by atoms with Gasteiger partial charge < -0.3 is 19.9 Å². The van der Waals surface area contributed by atoms with Gasteiger partial charge in [-0.05, 0) is 42.7 Å². The summed E-state index contributed by atoms with van der Waals surface area (Å²) in [5.74, 6) is 0.668. The Labute approximate surface area is 158 Å². The number of carbonyl (C=O) groups is 1. The summed E-state index contributed by atoms with van der Waals surface area (Å²) >= 11 is 0. The van der Waals surface area contributed by atoms with E-state index in [0.717, 1.165) is 17.5 Å². The normalized spacial score (nSPS) is 14.1. The third kappa shape index (κ3) is 3.40. The second kappa shape index (κ2) is 7.19. The van der Waals surface area contributed by atoms with Crippen LogP contribution < -0.4 is 10.1 Å². The van der Waals surface area contributed by atoms with Gasteiger partial charge in [0.15, 0.2) is 0 Å². The number of anilines is 1. The largest absolute Gasteiger partial charge is 0.495 e. The molecule has 0 bridgehead atoms. The summed E-state index contributed by atoms with van der Waals surface area (Å²) in [7, 11) is 1.61. The average molecular weight is 361 g/mol. The molecule has 5 heteroatoms. The number of fused-ring (bicyclic) bond motifs is 1. The van der Waals surface area contributed by atoms with Crippen molar-refractivity contribution in [3.63, 3.8) is 0 Å². The molecule has 1 aromatic heterocycles. The Balaban J connectivity index is 1.48. The van der Waals surface area contributed by atoms with Crippen molar-refractivity contribution >= 4 is 28.2 Å². The van der Waals surface area contributed by atoms with Crippen LogP contribution in [0.4, 0.5) is 10.5 Å². The molecule has 0 unspecified atom stereocenters. The van der Waals surface area contributed by atoms with Gasteiger partial charge in [-0.25, -0.2) is 4.79 Å². The fourth-order valence-electron chi connectivity index (χ4n) is 3.55. The summed E-state index contributed by atoms with van der Waals surface area (Å²) < 4.78 is 5.35. The number of para-hydroxylation sites is 1. The Morgan fingerprint density at radius 1 is 1.22 bits per heavy atom. The number of carbonyl (C=O) groups excluding carboxylic acids is 1. The summed E-state index contributed by atoms with van der Waals surface area (Å²) in [4.78, 5) is 17.8. The van der Waals surface area contributed by atoms with Crippen molar-refractivity contribution in [2.45, 2.75) is 13.3 Å².